The molecule has 1 saturated heterocycles. The summed E-state index contributed by atoms with van der Waals surface area (Å²) >= 11 is 6.08. The van der Waals surface area contributed by atoms with Gasteiger partial charge in [-0.2, -0.15) is 0 Å². The average Bonchev–Trinajstić information content (AvgIpc) is 3.07. The van der Waals surface area contributed by atoms with E-state index in [0.29, 0.717) is 23.7 Å². The summed E-state index contributed by atoms with van der Waals surface area (Å²) < 4.78 is 1.61. The molecule has 1 aromatic heterocycles. The van der Waals surface area contributed by atoms with Crippen LogP contribution in [0.2, 0.25) is 5.02 Å². The smallest absolute Gasteiger partial charge is 0.325 e. The quantitative estimate of drug-likeness (QED) is 0.585. The summed E-state index contributed by atoms with van der Waals surface area (Å²) in [6.07, 6.45) is 1.68. The van der Waals surface area contributed by atoms with Crippen LogP contribution in [-0.2, 0) is 22.7 Å². The van der Waals surface area contributed by atoms with Gasteiger partial charge in [-0.15, -0.1) is 0 Å². The molecule has 8 heteroatoms. The van der Waals surface area contributed by atoms with Crippen LogP contribution in [0.5, 0.6) is 0 Å². The van der Waals surface area contributed by atoms with Crippen LogP contribution in [0, 0.1) is 0 Å². The summed E-state index contributed by atoms with van der Waals surface area (Å²) in [4.78, 5) is 27.8. The zero-order valence-corrected chi connectivity index (χ0v) is 17.7. The minimum absolute atomic E-state index is 0.208. The van der Waals surface area contributed by atoms with Crippen LogP contribution in [-0.4, -0.2) is 62.7 Å². The van der Waals surface area contributed by atoms with Crippen molar-refractivity contribution in [1.82, 2.24) is 14.4 Å². The average molecular weight is 442 g/mol. The molecule has 0 aliphatic carbocycles. The molecule has 1 fully saturated rings. The van der Waals surface area contributed by atoms with E-state index < -0.39 is 18.0 Å². The third-order valence-electron chi connectivity index (χ3n) is 5.72. The minimum Gasteiger partial charge on any atom is -0.480 e. The molecule has 2 heterocycles. The first-order chi connectivity index (χ1) is 14.9. The molecule has 2 aromatic carbocycles. The van der Waals surface area contributed by atoms with Gasteiger partial charge in [-0.1, -0.05) is 41.9 Å². The molecule has 1 aliphatic rings. The SMILES string of the molecule is O=C(O)Cn1cc(C(C(=O)O)N2CCN(Cc3cccc(Cl)c3)CC2)c2ccccc21. The predicted molar refractivity (Wildman–Crippen MR) is 118 cm³/mol. The second kappa shape index (κ2) is 9.09. The molecule has 1 aliphatic heterocycles. The number of halogens is 1. The van der Waals surface area contributed by atoms with Gasteiger partial charge in [0.2, 0.25) is 0 Å². The van der Waals surface area contributed by atoms with Crippen LogP contribution >= 0.6 is 11.6 Å². The van der Waals surface area contributed by atoms with Crippen LogP contribution < -0.4 is 0 Å². The van der Waals surface area contributed by atoms with Gasteiger partial charge in [0.1, 0.15) is 12.6 Å². The van der Waals surface area contributed by atoms with E-state index in [2.05, 4.69) is 4.90 Å². The summed E-state index contributed by atoms with van der Waals surface area (Å²) in [5.74, 6) is -1.89. The number of para-hydroxylation sites is 1. The number of carboxylic acid groups (broad SMARTS) is 2. The number of aliphatic carboxylic acids is 2. The Labute approximate surface area is 185 Å². The van der Waals surface area contributed by atoms with Crippen molar-refractivity contribution in [2.24, 2.45) is 0 Å². The first kappa shape index (κ1) is 21.4. The first-order valence-electron chi connectivity index (χ1n) is 10.2. The Hall–Kier alpha value is -2.87. The largest absolute Gasteiger partial charge is 0.480 e. The zero-order chi connectivity index (χ0) is 22.0. The maximum absolute atomic E-state index is 12.3. The van der Waals surface area contributed by atoms with E-state index in [9.17, 15) is 19.8 Å². The third kappa shape index (κ3) is 4.74. The fraction of sp³-hybridized carbons (Fsp3) is 0.304. The number of benzene rings is 2. The van der Waals surface area contributed by atoms with Crippen LogP contribution in [0.15, 0.2) is 54.7 Å². The number of fused-ring (bicyclic) bond motifs is 1. The molecule has 3 aromatic rings. The number of aromatic nitrogens is 1. The number of hydrogen-bond acceptors (Lipinski definition) is 4. The normalized spacial score (nSPS) is 16.4. The summed E-state index contributed by atoms with van der Waals surface area (Å²) in [5.41, 5.74) is 2.49. The van der Waals surface area contributed by atoms with E-state index >= 15 is 0 Å². The number of piperazine rings is 1. The van der Waals surface area contributed by atoms with Crippen molar-refractivity contribution in [1.29, 1.82) is 0 Å². The van der Waals surface area contributed by atoms with Gasteiger partial charge >= 0.3 is 11.9 Å². The van der Waals surface area contributed by atoms with Crippen molar-refractivity contribution >= 4 is 34.4 Å². The zero-order valence-electron chi connectivity index (χ0n) is 16.9. The highest BCUT2D eigenvalue weighted by molar-refractivity contribution is 6.30. The highest BCUT2D eigenvalue weighted by Gasteiger charge is 2.32. The second-order valence-corrected chi connectivity index (χ2v) is 8.24. The maximum Gasteiger partial charge on any atom is 0.325 e. The Kier molecular flexibility index (Phi) is 6.27. The fourth-order valence-electron chi connectivity index (χ4n) is 4.33. The molecule has 0 bridgehead atoms. The van der Waals surface area contributed by atoms with Gasteiger partial charge in [0.15, 0.2) is 0 Å². The third-order valence-corrected chi connectivity index (χ3v) is 5.96. The minimum atomic E-state index is -0.964. The Morgan fingerprint density at radius 2 is 1.74 bits per heavy atom. The van der Waals surface area contributed by atoms with Crippen LogP contribution in [0.1, 0.15) is 17.2 Å². The van der Waals surface area contributed by atoms with Gasteiger partial charge in [-0.3, -0.25) is 19.4 Å². The van der Waals surface area contributed by atoms with Crippen molar-refractivity contribution in [3.63, 3.8) is 0 Å². The number of carbonyl (C=O) groups is 2. The molecule has 1 unspecified atom stereocenters. The highest BCUT2D eigenvalue weighted by atomic mass is 35.5. The van der Waals surface area contributed by atoms with E-state index in [1.165, 1.54) is 0 Å². The van der Waals surface area contributed by atoms with Crippen LogP contribution in [0.4, 0.5) is 0 Å². The van der Waals surface area contributed by atoms with E-state index in [1.54, 1.807) is 10.8 Å². The Morgan fingerprint density at radius 1 is 1.00 bits per heavy atom. The number of hydrogen-bond donors (Lipinski definition) is 2. The van der Waals surface area contributed by atoms with Crippen molar-refractivity contribution in [2.75, 3.05) is 26.2 Å². The molecule has 4 rings (SSSR count). The monoisotopic (exact) mass is 441 g/mol. The van der Waals surface area contributed by atoms with Gasteiger partial charge in [0, 0.05) is 60.4 Å². The van der Waals surface area contributed by atoms with Crippen molar-refractivity contribution < 1.29 is 19.8 Å². The van der Waals surface area contributed by atoms with E-state index in [1.807, 2.05) is 53.4 Å². The van der Waals surface area contributed by atoms with E-state index in [4.69, 9.17) is 11.6 Å². The molecule has 0 radical (unpaired) electrons. The summed E-state index contributed by atoms with van der Waals surface area (Å²) in [6, 6.07) is 14.3. The molecule has 2 N–H and O–H groups in total. The maximum atomic E-state index is 12.3. The molecule has 0 spiro atoms. The van der Waals surface area contributed by atoms with Crippen molar-refractivity contribution in [2.45, 2.75) is 19.1 Å². The van der Waals surface area contributed by atoms with Crippen molar-refractivity contribution in [3.8, 4) is 0 Å². The molecule has 162 valence electrons. The second-order valence-electron chi connectivity index (χ2n) is 7.81. The lowest BCUT2D eigenvalue weighted by atomic mass is 10.0. The van der Waals surface area contributed by atoms with E-state index in [-0.39, 0.29) is 6.54 Å². The molecular formula is C23H24ClN3O4. The van der Waals surface area contributed by atoms with Gasteiger partial charge in [0.05, 0.1) is 0 Å². The van der Waals surface area contributed by atoms with Crippen LogP contribution in [0.3, 0.4) is 0 Å². The molecule has 1 atom stereocenters. The molecule has 0 saturated carbocycles. The topological polar surface area (TPSA) is 86.0 Å². The fourth-order valence-corrected chi connectivity index (χ4v) is 4.54. The number of carboxylic acids is 2. The molecule has 31 heavy (non-hydrogen) atoms. The number of rotatable bonds is 7. The summed E-state index contributed by atoms with van der Waals surface area (Å²) in [7, 11) is 0. The van der Waals surface area contributed by atoms with Gasteiger partial charge < -0.3 is 14.8 Å². The Bertz CT molecular complexity index is 1110. The standard InChI is InChI=1S/C23H24ClN3O4/c24-17-5-3-4-16(12-17)13-25-8-10-26(11-9-25)22(23(30)31)19-14-27(15-21(28)29)20-7-2-1-6-18(19)20/h1-7,12,14,22H,8-11,13,15H2,(H,28,29)(H,30,31). The predicted octanol–water partition coefficient (Wildman–Crippen LogP) is 3.32. The van der Waals surface area contributed by atoms with E-state index in [0.717, 1.165) is 36.1 Å². The van der Waals surface area contributed by atoms with Gasteiger partial charge in [-0.05, 0) is 23.8 Å². The lowest BCUT2D eigenvalue weighted by Gasteiger charge is -2.37. The lowest BCUT2D eigenvalue weighted by Crippen LogP contribution is -2.48. The van der Waals surface area contributed by atoms with Crippen molar-refractivity contribution in [3.05, 3.63) is 70.9 Å². The highest BCUT2D eigenvalue weighted by Crippen LogP contribution is 2.31. The van der Waals surface area contributed by atoms with Crippen LogP contribution in [0.25, 0.3) is 10.9 Å². The molecular weight excluding hydrogens is 418 g/mol. The van der Waals surface area contributed by atoms with Gasteiger partial charge in [-0.25, -0.2) is 0 Å². The van der Waals surface area contributed by atoms with Gasteiger partial charge in [0.25, 0.3) is 0 Å². The summed E-state index contributed by atoms with van der Waals surface area (Å²) in [5, 5.41) is 20.8. The Balaban J connectivity index is 1.54. The summed E-state index contributed by atoms with van der Waals surface area (Å²) in [6.45, 7) is 3.25. The molecule has 7 nitrogen and oxygen atoms in total. The first-order valence-corrected chi connectivity index (χ1v) is 10.5. The lowest BCUT2D eigenvalue weighted by molar-refractivity contribution is -0.144. The Morgan fingerprint density at radius 3 is 2.42 bits per heavy atom. The number of nitrogens with zero attached hydrogens (tertiary/aromatic N) is 3. The molecule has 0 amide bonds.